The molecule has 8 heteroatoms. The Kier molecular flexibility index (Phi) is 5.91. The second-order valence-electron chi connectivity index (χ2n) is 5.85. The van der Waals surface area contributed by atoms with Crippen molar-refractivity contribution in [2.24, 2.45) is 5.84 Å². The number of hydrogen-bond donors (Lipinski definition) is 3. The van der Waals surface area contributed by atoms with Crippen LogP contribution in [0, 0.1) is 0 Å². The molecule has 0 aliphatic carbocycles. The molecule has 0 aliphatic rings. The molecule has 0 aliphatic heterocycles. The Labute approximate surface area is 156 Å². The molecule has 0 spiro atoms. The van der Waals surface area contributed by atoms with Crippen LogP contribution in [0.5, 0.6) is 0 Å². The molecule has 0 amide bonds. The lowest BCUT2D eigenvalue weighted by atomic mass is 10.2. The van der Waals surface area contributed by atoms with Crippen molar-refractivity contribution in [2.45, 2.75) is 19.6 Å². The minimum absolute atomic E-state index is 0.230. The first-order chi connectivity index (χ1) is 13.2. The molecule has 0 atom stereocenters. The van der Waals surface area contributed by atoms with Gasteiger partial charge < -0.3 is 15.9 Å². The van der Waals surface area contributed by atoms with Gasteiger partial charge in [0.25, 0.3) is 0 Å². The molecule has 0 saturated carbocycles. The molecule has 8 nitrogen and oxygen atoms in total. The van der Waals surface area contributed by atoms with Crippen molar-refractivity contribution in [3.05, 3.63) is 66.6 Å². The van der Waals surface area contributed by atoms with Gasteiger partial charge in [0.1, 0.15) is 13.0 Å². The van der Waals surface area contributed by atoms with E-state index in [1.54, 1.807) is 6.20 Å². The number of nitrogens with zero attached hydrogens (tertiary/aromatic N) is 3. The van der Waals surface area contributed by atoms with Gasteiger partial charge in [-0.15, -0.1) is 0 Å². The zero-order valence-corrected chi connectivity index (χ0v) is 14.7. The van der Waals surface area contributed by atoms with Crippen LogP contribution < -0.4 is 21.6 Å². The van der Waals surface area contributed by atoms with Crippen LogP contribution in [0.15, 0.2) is 61.1 Å². The van der Waals surface area contributed by atoms with E-state index in [9.17, 15) is 4.79 Å². The number of ether oxygens (including phenoxy) is 1. The largest absolute Gasteiger partial charge is 0.461 e. The number of hydrogen-bond acceptors (Lipinski definition) is 7. The van der Waals surface area contributed by atoms with E-state index in [-0.39, 0.29) is 18.4 Å². The van der Waals surface area contributed by atoms with E-state index in [1.165, 1.54) is 0 Å². The molecular weight excluding hydrogens is 344 g/mol. The summed E-state index contributed by atoms with van der Waals surface area (Å²) in [7, 11) is 0. The normalized spacial score (nSPS) is 10.4. The molecule has 27 heavy (non-hydrogen) atoms. The highest BCUT2D eigenvalue weighted by molar-refractivity contribution is 5.69. The minimum atomic E-state index is -0.237. The maximum Gasteiger partial charge on any atom is 0.312 e. The van der Waals surface area contributed by atoms with Crippen molar-refractivity contribution in [1.82, 2.24) is 9.97 Å². The van der Waals surface area contributed by atoms with Gasteiger partial charge in [-0.05, 0) is 5.56 Å². The third-order valence-corrected chi connectivity index (χ3v) is 3.94. The Morgan fingerprint density at radius 1 is 1.15 bits per heavy atom. The second-order valence-corrected chi connectivity index (χ2v) is 5.85. The van der Waals surface area contributed by atoms with Gasteiger partial charge in [0.05, 0.1) is 11.9 Å². The molecule has 138 valence electrons. The van der Waals surface area contributed by atoms with Gasteiger partial charge in [-0.25, -0.2) is 20.4 Å². The number of aromatic nitrogens is 3. The van der Waals surface area contributed by atoms with Gasteiger partial charge >= 0.3 is 5.97 Å². The Morgan fingerprint density at radius 2 is 1.89 bits per heavy atom. The number of benzene rings is 1. The number of nitrogens with two attached hydrogens (primary N) is 2. The molecule has 1 aromatic carbocycles. The van der Waals surface area contributed by atoms with Gasteiger partial charge in [-0.1, -0.05) is 30.3 Å². The van der Waals surface area contributed by atoms with E-state index in [2.05, 4.69) is 15.4 Å². The molecule has 0 saturated heterocycles. The number of pyridine rings is 1. The van der Waals surface area contributed by atoms with Crippen molar-refractivity contribution in [2.75, 3.05) is 11.2 Å². The lowest BCUT2D eigenvalue weighted by Gasteiger charge is -2.05. The number of aryl methyl sites for hydroxylation is 1. The average Bonchev–Trinajstić information content (AvgIpc) is 2.72. The molecule has 0 bridgehead atoms. The van der Waals surface area contributed by atoms with Crippen molar-refractivity contribution >= 4 is 17.6 Å². The van der Waals surface area contributed by atoms with Crippen LogP contribution >= 0.6 is 0 Å². The number of nitrogens with one attached hydrogen (secondary N) is 1. The monoisotopic (exact) mass is 365 g/mol. The SMILES string of the molecule is NNc1ncc(-c2cc[n+](CCC(=O)OCc3ccccc3)cc2)nc1N. The lowest BCUT2D eigenvalue weighted by molar-refractivity contribution is -0.695. The van der Waals surface area contributed by atoms with Gasteiger partial charge in [-0.3, -0.25) is 4.79 Å². The molecule has 5 N–H and O–H groups in total. The molecule has 2 aromatic heterocycles. The number of nitrogen functional groups attached to an aromatic ring is 2. The Hall–Kier alpha value is -3.52. The van der Waals surface area contributed by atoms with E-state index in [0.29, 0.717) is 24.5 Å². The minimum Gasteiger partial charge on any atom is -0.461 e. The van der Waals surface area contributed by atoms with Gasteiger partial charge in [0, 0.05) is 17.7 Å². The Bertz CT molecular complexity index is 900. The zero-order valence-electron chi connectivity index (χ0n) is 14.7. The molecule has 2 heterocycles. The van der Waals surface area contributed by atoms with Crippen LogP contribution in [-0.4, -0.2) is 15.9 Å². The maximum atomic E-state index is 11.9. The molecule has 0 fully saturated rings. The first-order valence-electron chi connectivity index (χ1n) is 8.44. The summed E-state index contributed by atoms with van der Waals surface area (Å²) >= 11 is 0. The number of esters is 1. The first-order valence-corrected chi connectivity index (χ1v) is 8.44. The van der Waals surface area contributed by atoms with Crippen molar-refractivity contribution in [1.29, 1.82) is 0 Å². The molecule has 3 aromatic rings. The number of rotatable bonds is 7. The quantitative estimate of drug-likeness (QED) is 0.251. The van der Waals surface area contributed by atoms with E-state index in [0.717, 1.165) is 11.1 Å². The summed E-state index contributed by atoms with van der Waals surface area (Å²) < 4.78 is 7.18. The van der Waals surface area contributed by atoms with Crippen LogP contribution in [0.25, 0.3) is 11.3 Å². The second kappa shape index (κ2) is 8.72. The molecule has 3 rings (SSSR count). The summed E-state index contributed by atoms with van der Waals surface area (Å²) in [4.78, 5) is 20.3. The van der Waals surface area contributed by atoms with Gasteiger partial charge in [0.15, 0.2) is 30.6 Å². The third kappa shape index (κ3) is 4.99. The van der Waals surface area contributed by atoms with E-state index >= 15 is 0 Å². The fourth-order valence-corrected chi connectivity index (χ4v) is 2.46. The average molecular weight is 365 g/mol. The number of carbonyl (C=O) groups excluding carboxylic acids is 1. The van der Waals surface area contributed by atoms with Crippen LogP contribution in [0.3, 0.4) is 0 Å². The molecular formula is C19H21N6O2+. The highest BCUT2D eigenvalue weighted by Crippen LogP contribution is 2.19. The number of carbonyl (C=O) groups is 1. The predicted octanol–water partition coefficient (Wildman–Crippen LogP) is 1.43. The van der Waals surface area contributed by atoms with Crippen molar-refractivity contribution in [3.63, 3.8) is 0 Å². The third-order valence-electron chi connectivity index (χ3n) is 3.94. The highest BCUT2D eigenvalue weighted by atomic mass is 16.5. The summed E-state index contributed by atoms with van der Waals surface area (Å²) in [6.45, 7) is 0.814. The maximum absolute atomic E-state index is 11.9. The fourth-order valence-electron chi connectivity index (χ4n) is 2.46. The number of hydrazine groups is 1. The Morgan fingerprint density at radius 3 is 2.56 bits per heavy atom. The summed E-state index contributed by atoms with van der Waals surface area (Å²) in [5.74, 6) is 5.62. The smallest absolute Gasteiger partial charge is 0.312 e. The summed E-state index contributed by atoms with van der Waals surface area (Å²) in [5.41, 5.74) is 10.6. The first kappa shape index (κ1) is 18.3. The standard InChI is InChI=1S/C19H20N6O2/c20-18-19(24-21)22-12-16(23-18)15-6-9-25(10-7-15)11-8-17(26)27-13-14-4-2-1-3-5-14/h1-7,9-10,12H,8,11,13H2,(H4,20,21,23)/p+1. The predicted molar refractivity (Wildman–Crippen MR) is 101 cm³/mol. The van der Waals surface area contributed by atoms with Crippen molar-refractivity contribution in [3.8, 4) is 11.3 Å². The summed E-state index contributed by atoms with van der Waals surface area (Å²) in [6, 6.07) is 13.4. The molecule has 0 unspecified atom stereocenters. The van der Waals surface area contributed by atoms with Crippen LogP contribution in [0.4, 0.5) is 11.6 Å². The zero-order chi connectivity index (χ0) is 19.1. The highest BCUT2D eigenvalue weighted by Gasteiger charge is 2.10. The van der Waals surface area contributed by atoms with Crippen LogP contribution in [0.1, 0.15) is 12.0 Å². The van der Waals surface area contributed by atoms with Crippen LogP contribution in [-0.2, 0) is 22.7 Å². The lowest BCUT2D eigenvalue weighted by Crippen LogP contribution is -2.34. The molecule has 0 radical (unpaired) electrons. The van der Waals surface area contributed by atoms with E-state index in [1.807, 2.05) is 59.4 Å². The van der Waals surface area contributed by atoms with Crippen LogP contribution in [0.2, 0.25) is 0 Å². The van der Waals surface area contributed by atoms with E-state index in [4.69, 9.17) is 16.3 Å². The summed E-state index contributed by atoms with van der Waals surface area (Å²) in [6.07, 6.45) is 5.62. The van der Waals surface area contributed by atoms with Gasteiger partial charge in [0.2, 0.25) is 0 Å². The van der Waals surface area contributed by atoms with Gasteiger partial charge in [-0.2, -0.15) is 0 Å². The topological polar surface area (TPSA) is 120 Å². The van der Waals surface area contributed by atoms with E-state index < -0.39 is 0 Å². The Balaban J connectivity index is 1.53. The number of anilines is 2. The summed E-state index contributed by atoms with van der Waals surface area (Å²) in [5, 5.41) is 0. The van der Waals surface area contributed by atoms with Crippen molar-refractivity contribution < 1.29 is 14.1 Å². The fraction of sp³-hybridized carbons (Fsp3) is 0.158.